The van der Waals surface area contributed by atoms with Crippen LogP contribution in [0.25, 0.3) is 0 Å². The summed E-state index contributed by atoms with van der Waals surface area (Å²) in [5, 5.41) is 18.0. The van der Waals surface area contributed by atoms with Gasteiger partial charge in [-0.25, -0.2) is 9.59 Å². The van der Waals surface area contributed by atoms with Gasteiger partial charge in [0.05, 0.1) is 17.7 Å². The van der Waals surface area contributed by atoms with Crippen LogP contribution in [0, 0.1) is 11.3 Å². The Morgan fingerprint density at radius 2 is 1.68 bits per heavy atom. The summed E-state index contributed by atoms with van der Waals surface area (Å²) in [6, 6.07) is 15.8. The van der Waals surface area contributed by atoms with Gasteiger partial charge in [0.2, 0.25) is 0 Å². The average molecular weight is 378 g/mol. The third-order valence-corrected chi connectivity index (χ3v) is 4.99. The molecule has 8 nitrogen and oxygen atoms in total. The summed E-state index contributed by atoms with van der Waals surface area (Å²) >= 11 is 0. The number of carbonyl (C=O) groups excluding carboxylic acids is 1. The molecule has 1 N–H and O–H groups in total. The van der Waals surface area contributed by atoms with Crippen LogP contribution in [-0.4, -0.2) is 59.3 Å². The molecule has 2 aromatic carbocycles. The van der Waals surface area contributed by atoms with E-state index in [0.29, 0.717) is 43.2 Å². The van der Waals surface area contributed by atoms with Crippen molar-refractivity contribution in [2.45, 2.75) is 6.04 Å². The van der Waals surface area contributed by atoms with Crippen LogP contribution in [-0.2, 0) is 0 Å². The molecule has 8 heteroatoms. The predicted molar refractivity (Wildman–Crippen MR) is 101 cm³/mol. The van der Waals surface area contributed by atoms with E-state index < -0.39 is 6.09 Å². The van der Waals surface area contributed by atoms with Crippen molar-refractivity contribution in [3.8, 4) is 17.6 Å². The first-order chi connectivity index (χ1) is 13.5. The van der Waals surface area contributed by atoms with Gasteiger partial charge in [-0.3, -0.25) is 4.90 Å². The number of carboxylic acid groups (broad SMARTS) is 1. The number of piperazine rings is 1. The number of ether oxygens (including phenoxy) is 1. The van der Waals surface area contributed by atoms with E-state index in [-0.39, 0.29) is 12.1 Å². The van der Waals surface area contributed by atoms with Crippen LogP contribution in [0.3, 0.4) is 0 Å². The molecule has 3 amide bonds. The second-order valence-corrected chi connectivity index (χ2v) is 6.70. The number of benzene rings is 2. The van der Waals surface area contributed by atoms with Crippen molar-refractivity contribution in [3.63, 3.8) is 0 Å². The van der Waals surface area contributed by atoms with Crippen molar-refractivity contribution in [3.05, 3.63) is 54.1 Å². The summed E-state index contributed by atoms with van der Waals surface area (Å²) in [7, 11) is 0. The summed E-state index contributed by atoms with van der Waals surface area (Å²) in [5.41, 5.74) is 1.31. The molecule has 4 rings (SSSR count). The number of hydrogen-bond acceptors (Lipinski definition) is 4. The number of urea groups is 1. The number of carbonyl (C=O) groups is 2. The minimum absolute atomic E-state index is 0.101. The molecule has 2 aliphatic heterocycles. The number of fused-ring (bicyclic) bond motifs is 1. The van der Waals surface area contributed by atoms with E-state index in [9.17, 15) is 9.59 Å². The Hall–Kier alpha value is -3.73. The van der Waals surface area contributed by atoms with Crippen molar-refractivity contribution in [1.82, 2.24) is 9.80 Å². The minimum Gasteiger partial charge on any atom is -0.465 e. The van der Waals surface area contributed by atoms with Crippen LogP contribution in [0.4, 0.5) is 15.3 Å². The Balaban J connectivity index is 1.44. The highest BCUT2D eigenvalue weighted by atomic mass is 16.5. The summed E-state index contributed by atoms with van der Waals surface area (Å²) in [6.07, 6.45) is -0.949. The zero-order chi connectivity index (χ0) is 19.7. The van der Waals surface area contributed by atoms with Crippen molar-refractivity contribution >= 4 is 17.8 Å². The lowest BCUT2D eigenvalue weighted by molar-refractivity contribution is 0.0997. The standard InChI is InChI=1S/C20H18N4O4/c21-11-14-1-5-17(6-2-14)28-18-7-3-15(4-8-18)24-13-16-12-22(20(26)27)9-10-23(16)19(24)25/h1-8,16H,9-10,12-13H2,(H,26,27)/t16-/m0/s1. The Morgan fingerprint density at radius 3 is 2.29 bits per heavy atom. The quantitative estimate of drug-likeness (QED) is 0.886. The number of nitriles is 1. The first-order valence-electron chi connectivity index (χ1n) is 8.89. The third kappa shape index (κ3) is 3.30. The highest BCUT2D eigenvalue weighted by Crippen LogP contribution is 2.29. The fourth-order valence-electron chi connectivity index (χ4n) is 3.52. The number of hydrogen-bond donors (Lipinski definition) is 1. The van der Waals surface area contributed by atoms with Gasteiger partial charge < -0.3 is 19.6 Å². The van der Waals surface area contributed by atoms with Gasteiger partial charge in [-0.2, -0.15) is 5.26 Å². The van der Waals surface area contributed by atoms with E-state index in [1.165, 1.54) is 4.90 Å². The van der Waals surface area contributed by atoms with Crippen LogP contribution in [0.1, 0.15) is 5.56 Å². The monoisotopic (exact) mass is 378 g/mol. The van der Waals surface area contributed by atoms with E-state index in [4.69, 9.17) is 15.1 Å². The fourth-order valence-corrected chi connectivity index (χ4v) is 3.52. The maximum absolute atomic E-state index is 12.7. The van der Waals surface area contributed by atoms with Crippen LogP contribution >= 0.6 is 0 Å². The minimum atomic E-state index is -0.949. The highest BCUT2D eigenvalue weighted by molar-refractivity contribution is 5.95. The molecular weight excluding hydrogens is 360 g/mol. The maximum atomic E-state index is 12.7. The Bertz CT molecular complexity index is 936. The molecule has 0 saturated carbocycles. The van der Waals surface area contributed by atoms with Gasteiger partial charge in [0.15, 0.2) is 0 Å². The van der Waals surface area contributed by atoms with Gasteiger partial charge >= 0.3 is 12.1 Å². The maximum Gasteiger partial charge on any atom is 0.407 e. The first kappa shape index (κ1) is 17.7. The van der Waals surface area contributed by atoms with Crippen LogP contribution < -0.4 is 9.64 Å². The van der Waals surface area contributed by atoms with Gasteiger partial charge in [0.1, 0.15) is 11.5 Å². The van der Waals surface area contributed by atoms with Crippen LogP contribution in [0.2, 0.25) is 0 Å². The lowest BCUT2D eigenvalue weighted by Gasteiger charge is -2.34. The van der Waals surface area contributed by atoms with Gasteiger partial charge in [0.25, 0.3) is 0 Å². The fraction of sp³-hybridized carbons (Fsp3) is 0.250. The van der Waals surface area contributed by atoms with E-state index in [1.807, 2.05) is 12.1 Å². The molecule has 142 valence electrons. The number of nitrogens with zero attached hydrogens (tertiary/aromatic N) is 4. The van der Waals surface area contributed by atoms with Gasteiger partial charge in [-0.05, 0) is 48.5 Å². The molecule has 0 unspecified atom stereocenters. The van der Waals surface area contributed by atoms with Crippen molar-refractivity contribution < 1.29 is 19.4 Å². The second kappa shape index (κ2) is 7.12. The van der Waals surface area contributed by atoms with E-state index in [0.717, 1.165) is 5.69 Å². The Kier molecular flexibility index (Phi) is 4.49. The lowest BCUT2D eigenvalue weighted by Crippen LogP contribution is -2.53. The molecule has 28 heavy (non-hydrogen) atoms. The Morgan fingerprint density at radius 1 is 1.04 bits per heavy atom. The summed E-state index contributed by atoms with van der Waals surface area (Å²) in [6.45, 7) is 1.53. The largest absolute Gasteiger partial charge is 0.465 e. The van der Waals surface area contributed by atoms with Crippen molar-refractivity contribution in [2.75, 3.05) is 31.1 Å². The molecule has 2 heterocycles. The Labute approximate surface area is 161 Å². The molecule has 0 bridgehead atoms. The molecule has 2 fully saturated rings. The molecule has 0 radical (unpaired) electrons. The topological polar surface area (TPSA) is 97.1 Å². The molecule has 0 aliphatic carbocycles. The molecular formula is C20H18N4O4. The highest BCUT2D eigenvalue weighted by Gasteiger charge is 2.42. The molecule has 2 aliphatic rings. The van der Waals surface area contributed by atoms with E-state index >= 15 is 0 Å². The van der Waals surface area contributed by atoms with Crippen LogP contribution in [0.15, 0.2) is 48.5 Å². The van der Waals surface area contributed by atoms with Gasteiger partial charge in [-0.15, -0.1) is 0 Å². The zero-order valence-electron chi connectivity index (χ0n) is 15.0. The predicted octanol–water partition coefficient (Wildman–Crippen LogP) is 2.95. The molecule has 0 aromatic heterocycles. The van der Waals surface area contributed by atoms with Crippen molar-refractivity contribution in [2.24, 2.45) is 0 Å². The molecule has 1 atom stereocenters. The molecule has 2 aromatic rings. The zero-order valence-corrected chi connectivity index (χ0v) is 15.0. The summed E-state index contributed by atoms with van der Waals surface area (Å²) < 4.78 is 5.76. The first-order valence-corrected chi connectivity index (χ1v) is 8.89. The van der Waals surface area contributed by atoms with Crippen molar-refractivity contribution in [1.29, 1.82) is 5.26 Å². The summed E-state index contributed by atoms with van der Waals surface area (Å²) in [4.78, 5) is 28.6. The van der Waals surface area contributed by atoms with Gasteiger partial charge in [0, 0.05) is 31.9 Å². The average Bonchev–Trinajstić information content (AvgIpc) is 3.05. The number of rotatable bonds is 3. The third-order valence-electron chi connectivity index (χ3n) is 4.99. The number of anilines is 1. The second-order valence-electron chi connectivity index (χ2n) is 6.70. The normalized spacial score (nSPS) is 18.6. The molecule has 2 saturated heterocycles. The van der Waals surface area contributed by atoms with E-state index in [2.05, 4.69) is 6.07 Å². The smallest absolute Gasteiger partial charge is 0.407 e. The van der Waals surface area contributed by atoms with Gasteiger partial charge in [-0.1, -0.05) is 0 Å². The van der Waals surface area contributed by atoms with Crippen LogP contribution in [0.5, 0.6) is 11.5 Å². The van der Waals surface area contributed by atoms with E-state index in [1.54, 1.807) is 46.2 Å². The molecule has 0 spiro atoms. The number of amides is 3. The lowest BCUT2D eigenvalue weighted by atomic mass is 10.2. The summed E-state index contributed by atoms with van der Waals surface area (Å²) in [5.74, 6) is 1.24. The SMILES string of the molecule is N#Cc1ccc(Oc2ccc(N3C[C@@H]4CN(C(=O)O)CCN4C3=O)cc2)cc1.